The summed E-state index contributed by atoms with van der Waals surface area (Å²) in [7, 11) is 0. The maximum Gasteiger partial charge on any atom is 0.299 e. The molecule has 0 aliphatic heterocycles. The molecule has 0 fully saturated rings. The molecule has 0 heterocycles. The van der Waals surface area contributed by atoms with Gasteiger partial charge in [-0.25, -0.2) is 0 Å². The van der Waals surface area contributed by atoms with E-state index in [-0.39, 0.29) is 30.2 Å². The third-order valence-electron chi connectivity index (χ3n) is 9.53. The molecular weight excluding hydrogens is 879 g/mol. The molecule has 1 N–H and O–H groups in total. The zero-order valence-corrected chi connectivity index (χ0v) is 39.9. The molecule has 0 aromatic heterocycles. The molecule has 2 rings (SSSR count). The topological polar surface area (TPSA) is 218 Å². The Morgan fingerprint density at radius 1 is 0.418 bits per heavy atom. The summed E-state index contributed by atoms with van der Waals surface area (Å²) in [6, 6.07) is 11.9. The van der Waals surface area contributed by atoms with Gasteiger partial charge in [0.2, 0.25) is 0 Å². The summed E-state index contributed by atoms with van der Waals surface area (Å²) in [6.07, 6.45) is 10.4. The lowest BCUT2D eigenvalue weighted by Gasteiger charge is -2.09. The number of ether oxygens (including phenoxy) is 13. The van der Waals surface area contributed by atoms with Gasteiger partial charge in [-0.15, -0.1) is 0 Å². The lowest BCUT2D eigenvalue weighted by molar-refractivity contribution is -0.393. The number of anilines is 1. The minimum absolute atomic E-state index is 0.184. The number of rotatable bonds is 51. The number of hydrogen-bond donors (Lipinski definition) is 1. The van der Waals surface area contributed by atoms with Crippen LogP contribution in [0.2, 0.25) is 0 Å². The zero-order valence-electron chi connectivity index (χ0n) is 39.9. The average Bonchev–Trinajstić information content (AvgIpc) is 3.33. The molecule has 0 unspecified atom stereocenters. The fourth-order valence-electron chi connectivity index (χ4n) is 5.97. The van der Waals surface area contributed by atoms with E-state index < -0.39 is 9.85 Å². The van der Waals surface area contributed by atoms with Crippen molar-refractivity contribution in [1.29, 1.82) is 0 Å². The second kappa shape index (κ2) is 44.8. The monoisotopic (exact) mass is 958 g/mol. The standard InChI is InChI=1S/C47H79N3O17/c1-2-3-4-5-6-7-8-9-43-10-13-45(14-11-43)67-41-40-66-39-38-65-37-36-64-35-34-63-33-32-62-31-30-61-29-28-60-27-26-59-25-24-58-23-22-57-21-20-56-19-18-55-17-16-48-46-15-12-44(49(51)52)42-47(46)50(53)54/h10-15,42,48H,2-9,16-41H2,1H3. The first-order valence-corrected chi connectivity index (χ1v) is 23.8. The van der Waals surface area contributed by atoms with Crippen LogP contribution < -0.4 is 10.1 Å². The first-order valence-electron chi connectivity index (χ1n) is 23.8. The molecule has 20 heteroatoms. The molecule has 0 saturated heterocycles. The molecular formula is C47H79N3O17. The van der Waals surface area contributed by atoms with Crippen molar-refractivity contribution in [3.8, 4) is 5.75 Å². The molecule has 0 aliphatic rings. The molecule has 384 valence electrons. The van der Waals surface area contributed by atoms with Crippen LogP contribution in [0, 0.1) is 20.2 Å². The predicted octanol–water partition coefficient (Wildman–Crippen LogP) is 6.49. The lowest BCUT2D eigenvalue weighted by atomic mass is 10.0. The minimum atomic E-state index is -0.680. The van der Waals surface area contributed by atoms with E-state index in [2.05, 4.69) is 24.4 Å². The molecule has 0 bridgehead atoms. The SMILES string of the molecule is CCCCCCCCCc1ccc(OCCOCCOCCOCCOCCOCCOCCOCCOCCOCCOCCOCCOCCNc2ccc([N+](=O)[O-])cc2[N+](=O)[O-])cc1. The summed E-state index contributed by atoms with van der Waals surface area (Å²) in [5.74, 6) is 0.875. The van der Waals surface area contributed by atoms with Gasteiger partial charge in [-0.05, 0) is 36.6 Å². The van der Waals surface area contributed by atoms with Crippen molar-refractivity contribution in [1.82, 2.24) is 0 Å². The van der Waals surface area contributed by atoms with Gasteiger partial charge in [-0.3, -0.25) is 20.2 Å². The summed E-state index contributed by atoms with van der Waals surface area (Å²) in [6.45, 7) is 13.9. The van der Waals surface area contributed by atoms with E-state index in [1.54, 1.807) is 0 Å². The van der Waals surface area contributed by atoms with Crippen LogP contribution in [0.25, 0.3) is 0 Å². The molecule has 2 aromatic carbocycles. The zero-order chi connectivity index (χ0) is 47.9. The summed E-state index contributed by atoms with van der Waals surface area (Å²) < 4.78 is 71.8. The van der Waals surface area contributed by atoms with Crippen LogP contribution in [-0.4, -0.2) is 182 Å². The number of nitrogens with one attached hydrogen (secondary N) is 1. The second-order valence-corrected chi connectivity index (χ2v) is 14.9. The molecule has 0 amide bonds. The van der Waals surface area contributed by atoms with E-state index in [0.29, 0.717) is 159 Å². The number of nitro groups is 2. The number of nitro benzene ring substituents is 2. The van der Waals surface area contributed by atoms with Crippen molar-refractivity contribution in [2.75, 3.05) is 177 Å². The van der Waals surface area contributed by atoms with Crippen LogP contribution in [0.15, 0.2) is 42.5 Å². The molecule has 0 aliphatic carbocycles. The highest BCUT2D eigenvalue weighted by Gasteiger charge is 2.19. The van der Waals surface area contributed by atoms with Crippen molar-refractivity contribution in [3.63, 3.8) is 0 Å². The fourth-order valence-corrected chi connectivity index (χ4v) is 5.97. The van der Waals surface area contributed by atoms with Gasteiger partial charge in [-0.2, -0.15) is 0 Å². The molecule has 20 nitrogen and oxygen atoms in total. The van der Waals surface area contributed by atoms with Crippen LogP contribution in [0.4, 0.5) is 17.1 Å². The third-order valence-corrected chi connectivity index (χ3v) is 9.53. The van der Waals surface area contributed by atoms with Crippen LogP contribution in [0.5, 0.6) is 5.75 Å². The van der Waals surface area contributed by atoms with Crippen molar-refractivity contribution in [3.05, 3.63) is 68.3 Å². The number of unbranched alkanes of at least 4 members (excludes halogenated alkanes) is 6. The largest absolute Gasteiger partial charge is 0.491 e. The highest BCUT2D eigenvalue weighted by Crippen LogP contribution is 2.28. The number of aryl methyl sites for hydroxylation is 1. The fraction of sp³-hybridized carbons (Fsp3) is 0.745. The van der Waals surface area contributed by atoms with Crippen LogP contribution in [0.1, 0.15) is 57.4 Å². The third kappa shape index (κ3) is 36.1. The average molecular weight is 958 g/mol. The molecule has 0 saturated carbocycles. The van der Waals surface area contributed by atoms with E-state index in [0.717, 1.165) is 18.2 Å². The second-order valence-electron chi connectivity index (χ2n) is 14.9. The van der Waals surface area contributed by atoms with Crippen molar-refractivity contribution >= 4 is 17.1 Å². The van der Waals surface area contributed by atoms with Crippen LogP contribution >= 0.6 is 0 Å². The first-order chi connectivity index (χ1) is 33.0. The van der Waals surface area contributed by atoms with Gasteiger partial charge in [0, 0.05) is 12.6 Å². The van der Waals surface area contributed by atoms with E-state index in [9.17, 15) is 20.2 Å². The first kappa shape index (κ1) is 59.5. The molecule has 0 atom stereocenters. The number of hydrogen-bond acceptors (Lipinski definition) is 18. The van der Waals surface area contributed by atoms with Gasteiger partial charge in [0.05, 0.1) is 174 Å². The molecule has 0 radical (unpaired) electrons. The van der Waals surface area contributed by atoms with Crippen LogP contribution in [-0.2, 0) is 63.3 Å². The van der Waals surface area contributed by atoms with E-state index in [4.69, 9.17) is 61.6 Å². The smallest absolute Gasteiger partial charge is 0.299 e. The molecule has 0 spiro atoms. The van der Waals surface area contributed by atoms with Crippen molar-refractivity contribution < 1.29 is 71.4 Å². The maximum absolute atomic E-state index is 11.2. The molecule has 67 heavy (non-hydrogen) atoms. The van der Waals surface area contributed by atoms with Gasteiger partial charge < -0.3 is 66.9 Å². The highest BCUT2D eigenvalue weighted by molar-refractivity contribution is 5.65. The van der Waals surface area contributed by atoms with Gasteiger partial charge in [0.25, 0.3) is 11.4 Å². The van der Waals surface area contributed by atoms with Gasteiger partial charge in [0.15, 0.2) is 0 Å². The normalized spacial score (nSPS) is 11.4. The summed E-state index contributed by atoms with van der Waals surface area (Å²) in [5.41, 5.74) is 0.840. The Morgan fingerprint density at radius 2 is 0.776 bits per heavy atom. The van der Waals surface area contributed by atoms with Gasteiger partial charge in [-0.1, -0.05) is 57.6 Å². The van der Waals surface area contributed by atoms with Gasteiger partial charge >= 0.3 is 0 Å². The van der Waals surface area contributed by atoms with Crippen molar-refractivity contribution in [2.24, 2.45) is 0 Å². The minimum Gasteiger partial charge on any atom is -0.491 e. The Bertz CT molecular complexity index is 1450. The summed E-state index contributed by atoms with van der Waals surface area (Å²) >= 11 is 0. The Kier molecular flexibility index (Phi) is 39.8. The van der Waals surface area contributed by atoms with Crippen molar-refractivity contribution in [2.45, 2.75) is 58.3 Å². The Balaban J connectivity index is 1.17. The number of nitrogens with zero attached hydrogens (tertiary/aromatic N) is 2. The summed E-state index contributed by atoms with van der Waals surface area (Å²) in [4.78, 5) is 20.7. The highest BCUT2D eigenvalue weighted by atomic mass is 16.6. The van der Waals surface area contributed by atoms with E-state index >= 15 is 0 Å². The molecule has 2 aromatic rings. The number of non-ortho nitro benzene ring substituents is 1. The Hall–Kier alpha value is -3.64. The number of benzene rings is 2. The van der Waals surface area contributed by atoms with E-state index in [1.165, 1.54) is 62.6 Å². The Morgan fingerprint density at radius 3 is 1.15 bits per heavy atom. The van der Waals surface area contributed by atoms with E-state index in [1.807, 2.05) is 12.1 Å². The maximum atomic E-state index is 11.2. The van der Waals surface area contributed by atoms with Gasteiger partial charge in [0.1, 0.15) is 18.0 Å². The quantitative estimate of drug-likeness (QED) is 0.0426. The summed E-state index contributed by atoms with van der Waals surface area (Å²) in [5, 5.41) is 24.9. The predicted molar refractivity (Wildman–Crippen MR) is 252 cm³/mol. The Labute approximate surface area is 397 Å². The lowest BCUT2D eigenvalue weighted by Crippen LogP contribution is -2.16. The van der Waals surface area contributed by atoms with Crippen LogP contribution in [0.3, 0.4) is 0 Å².